The zero-order valence-corrected chi connectivity index (χ0v) is 19.8. The molecule has 1 aliphatic rings. The van der Waals surface area contributed by atoms with Crippen molar-refractivity contribution in [1.82, 2.24) is 9.62 Å². The number of sulfonamides is 1. The van der Waals surface area contributed by atoms with E-state index in [-0.39, 0.29) is 23.4 Å². The third-order valence-corrected chi connectivity index (χ3v) is 7.15. The lowest BCUT2D eigenvalue weighted by atomic mass is 10.0. The monoisotopic (exact) mass is 480 g/mol. The molecule has 1 N–H and O–H groups in total. The molecule has 178 valence electrons. The van der Waals surface area contributed by atoms with Crippen LogP contribution in [0.1, 0.15) is 42.7 Å². The number of hydrogen-bond donors (Lipinski definition) is 1. The lowest BCUT2D eigenvalue weighted by Gasteiger charge is -2.24. The predicted molar refractivity (Wildman–Crippen MR) is 130 cm³/mol. The van der Waals surface area contributed by atoms with Gasteiger partial charge in [0.15, 0.2) is 0 Å². The molecule has 2 heterocycles. The molecule has 8 heteroatoms. The second kappa shape index (κ2) is 10.7. The van der Waals surface area contributed by atoms with Crippen LogP contribution >= 0.6 is 0 Å². The van der Waals surface area contributed by atoms with Gasteiger partial charge in [0, 0.05) is 12.6 Å². The molecule has 1 amide bonds. The van der Waals surface area contributed by atoms with Crippen LogP contribution in [0.2, 0.25) is 0 Å². The number of likely N-dealkylation sites (tertiary alicyclic amines) is 1. The Morgan fingerprint density at radius 1 is 1.15 bits per heavy atom. The van der Waals surface area contributed by atoms with Gasteiger partial charge < -0.3 is 14.1 Å². The molecule has 3 aromatic rings. The third-order valence-electron chi connectivity index (χ3n) is 5.74. The maximum Gasteiger partial charge on any atom is 0.247 e. The van der Waals surface area contributed by atoms with Crippen LogP contribution in [0.15, 0.2) is 82.3 Å². The summed E-state index contributed by atoms with van der Waals surface area (Å²) in [7, 11) is -3.66. The maximum absolute atomic E-state index is 12.9. The molecule has 2 aromatic carbocycles. The van der Waals surface area contributed by atoms with Crippen LogP contribution in [0.25, 0.3) is 6.08 Å². The van der Waals surface area contributed by atoms with Gasteiger partial charge in [-0.3, -0.25) is 4.79 Å². The first kappa shape index (κ1) is 23.8. The molecular weight excluding hydrogens is 452 g/mol. The van der Waals surface area contributed by atoms with Gasteiger partial charge in [-0.25, -0.2) is 13.1 Å². The number of benzene rings is 2. The van der Waals surface area contributed by atoms with Crippen molar-refractivity contribution >= 4 is 22.0 Å². The van der Waals surface area contributed by atoms with Gasteiger partial charge in [-0.15, -0.1) is 0 Å². The molecule has 1 unspecified atom stereocenters. The fourth-order valence-corrected chi connectivity index (χ4v) is 5.01. The Balaban J connectivity index is 1.38. The molecule has 0 saturated carbocycles. The quantitative estimate of drug-likeness (QED) is 0.455. The summed E-state index contributed by atoms with van der Waals surface area (Å²) in [6.07, 6.45) is 6.63. The molecule has 1 atom stereocenters. The van der Waals surface area contributed by atoms with E-state index in [9.17, 15) is 13.2 Å². The van der Waals surface area contributed by atoms with Gasteiger partial charge in [-0.2, -0.15) is 0 Å². The van der Waals surface area contributed by atoms with Crippen molar-refractivity contribution in [1.29, 1.82) is 0 Å². The Labute approximate surface area is 200 Å². The van der Waals surface area contributed by atoms with Crippen molar-refractivity contribution in [3.05, 3.63) is 89.9 Å². The Morgan fingerprint density at radius 2 is 1.91 bits per heavy atom. The second-order valence-corrected chi connectivity index (χ2v) is 9.76. The van der Waals surface area contributed by atoms with Gasteiger partial charge in [-0.1, -0.05) is 24.3 Å². The summed E-state index contributed by atoms with van der Waals surface area (Å²) < 4.78 is 38.1. The highest BCUT2D eigenvalue weighted by atomic mass is 32.2. The lowest BCUT2D eigenvalue weighted by molar-refractivity contribution is -0.126. The van der Waals surface area contributed by atoms with E-state index in [4.69, 9.17) is 9.15 Å². The Morgan fingerprint density at radius 3 is 2.59 bits per heavy atom. The number of nitrogens with zero attached hydrogens (tertiary/aromatic N) is 1. The van der Waals surface area contributed by atoms with E-state index in [1.54, 1.807) is 36.4 Å². The summed E-state index contributed by atoms with van der Waals surface area (Å²) >= 11 is 0. The van der Waals surface area contributed by atoms with Crippen LogP contribution in [-0.2, 0) is 21.4 Å². The van der Waals surface area contributed by atoms with Gasteiger partial charge in [0.05, 0.1) is 30.4 Å². The number of nitrogens with one attached hydrogen (secondary N) is 1. The molecule has 0 radical (unpaired) electrons. The molecule has 0 bridgehead atoms. The standard InChI is InChI=1S/C26H28N2O5S/c1-2-32-22-12-10-21(11-13-22)25-6-3-17-28(25)26(29)16-9-20-7-14-24(15-8-20)34(30,31)27-19-23-5-4-18-33-23/h4-5,7-16,18,25,27H,2-3,6,17,19H2,1H3. The van der Waals surface area contributed by atoms with E-state index in [0.717, 1.165) is 29.7 Å². The first-order valence-corrected chi connectivity index (χ1v) is 12.8. The molecule has 1 aromatic heterocycles. The number of ether oxygens (including phenoxy) is 1. The molecular formula is C26H28N2O5S. The first-order chi connectivity index (χ1) is 16.5. The van der Waals surface area contributed by atoms with E-state index in [2.05, 4.69) is 4.72 Å². The van der Waals surface area contributed by atoms with Gasteiger partial charge in [0.2, 0.25) is 15.9 Å². The number of carbonyl (C=O) groups is 1. The second-order valence-electron chi connectivity index (χ2n) is 8.00. The molecule has 1 fully saturated rings. The normalized spacial score (nSPS) is 16.3. The Kier molecular flexibility index (Phi) is 7.49. The minimum absolute atomic E-state index is 0.0422. The van der Waals surface area contributed by atoms with Crippen LogP contribution in [-0.4, -0.2) is 32.4 Å². The SMILES string of the molecule is CCOc1ccc(C2CCCN2C(=O)C=Cc2ccc(S(=O)(=O)NCc3ccco3)cc2)cc1. The number of furan rings is 1. The molecule has 34 heavy (non-hydrogen) atoms. The van der Waals surface area contributed by atoms with Crippen LogP contribution in [0, 0.1) is 0 Å². The average Bonchev–Trinajstić information content (AvgIpc) is 3.55. The molecule has 0 spiro atoms. The predicted octanol–water partition coefficient (Wildman–Crippen LogP) is 4.53. The summed E-state index contributed by atoms with van der Waals surface area (Å²) in [6.45, 7) is 3.35. The zero-order valence-electron chi connectivity index (χ0n) is 19.0. The van der Waals surface area contributed by atoms with Crippen LogP contribution in [0.4, 0.5) is 0 Å². The lowest BCUT2D eigenvalue weighted by Crippen LogP contribution is -2.28. The van der Waals surface area contributed by atoms with Crippen molar-refractivity contribution in [3.8, 4) is 5.75 Å². The summed E-state index contributed by atoms with van der Waals surface area (Å²) in [6, 6.07) is 17.8. The molecule has 1 aliphatic heterocycles. The Bertz CT molecular complexity index is 1220. The van der Waals surface area contributed by atoms with Crippen LogP contribution < -0.4 is 9.46 Å². The maximum atomic E-state index is 12.9. The highest BCUT2D eigenvalue weighted by molar-refractivity contribution is 7.89. The van der Waals surface area contributed by atoms with Crippen molar-refractivity contribution < 1.29 is 22.4 Å². The smallest absolute Gasteiger partial charge is 0.247 e. The van der Waals surface area contributed by atoms with E-state index in [1.165, 1.54) is 18.4 Å². The first-order valence-electron chi connectivity index (χ1n) is 11.3. The van der Waals surface area contributed by atoms with Crippen LogP contribution in [0.5, 0.6) is 5.75 Å². The fourth-order valence-electron chi connectivity index (χ4n) is 4.01. The topological polar surface area (TPSA) is 88.8 Å². The van der Waals surface area contributed by atoms with Crippen molar-refractivity contribution in [2.75, 3.05) is 13.2 Å². The van der Waals surface area contributed by atoms with Gasteiger partial charge in [0.1, 0.15) is 11.5 Å². The summed E-state index contributed by atoms with van der Waals surface area (Å²) in [5, 5.41) is 0. The third kappa shape index (κ3) is 5.76. The van der Waals surface area contributed by atoms with Gasteiger partial charge >= 0.3 is 0 Å². The zero-order chi connectivity index (χ0) is 24.0. The number of hydrogen-bond acceptors (Lipinski definition) is 5. The van der Waals surface area contributed by atoms with Crippen molar-refractivity contribution in [3.63, 3.8) is 0 Å². The van der Waals surface area contributed by atoms with Crippen molar-refractivity contribution in [2.24, 2.45) is 0 Å². The summed E-state index contributed by atoms with van der Waals surface area (Å²) in [5.41, 5.74) is 1.84. The van der Waals surface area contributed by atoms with Crippen LogP contribution in [0.3, 0.4) is 0 Å². The number of carbonyl (C=O) groups excluding carboxylic acids is 1. The Hall–Kier alpha value is -3.36. The number of rotatable bonds is 9. The van der Waals surface area contributed by atoms with Gasteiger partial charge in [0.25, 0.3) is 0 Å². The van der Waals surface area contributed by atoms with E-state index >= 15 is 0 Å². The molecule has 0 aliphatic carbocycles. The highest BCUT2D eigenvalue weighted by Gasteiger charge is 2.28. The van der Waals surface area contributed by atoms with Crippen molar-refractivity contribution in [2.45, 2.75) is 37.2 Å². The number of amides is 1. The highest BCUT2D eigenvalue weighted by Crippen LogP contribution is 2.33. The minimum Gasteiger partial charge on any atom is -0.494 e. The van der Waals surface area contributed by atoms with Gasteiger partial charge in [-0.05, 0) is 73.4 Å². The molecule has 1 saturated heterocycles. The summed E-state index contributed by atoms with van der Waals surface area (Å²) in [5.74, 6) is 1.30. The van der Waals surface area contributed by atoms with E-state index in [1.807, 2.05) is 36.1 Å². The average molecular weight is 481 g/mol. The summed E-state index contributed by atoms with van der Waals surface area (Å²) in [4.78, 5) is 14.9. The minimum atomic E-state index is -3.66. The largest absolute Gasteiger partial charge is 0.494 e. The van der Waals surface area contributed by atoms with E-state index < -0.39 is 10.0 Å². The molecule has 4 rings (SSSR count). The molecule has 7 nitrogen and oxygen atoms in total. The van der Waals surface area contributed by atoms with E-state index in [0.29, 0.717) is 18.9 Å². The fraction of sp³-hybridized carbons (Fsp3) is 0.269.